The molecule has 2 nitrogen and oxygen atoms in total. The predicted octanol–water partition coefficient (Wildman–Crippen LogP) is 3.27. The van der Waals surface area contributed by atoms with Crippen molar-refractivity contribution >= 4 is 0 Å². The van der Waals surface area contributed by atoms with E-state index < -0.39 is 0 Å². The number of benzene rings is 1. The minimum absolute atomic E-state index is 0.0194. The topological polar surface area (TPSA) is 22.0 Å². The maximum absolute atomic E-state index is 11.9. The number of aryl methyl sites for hydroxylation is 1. The Labute approximate surface area is 102 Å². The van der Waals surface area contributed by atoms with Crippen LogP contribution in [0.5, 0.6) is 0 Å². The van der Waals surface area contributed by atoms with Crippen molar-refractivity contribution in [2.24, 2.45) is 0 Å². The summed E-state index contributed by atoms with van der Waals surface area (Å²) in [6, 6.07) is 11.7. The molecule has 0 aliphatic carbocycles. The lowest BCUT2D eigenvalue weighted by molar-refractivity contribution is 0.860. The zero-order valence-electron chi connectivity index (χ0n) is 10.5. The first-order chi connectivity index (χ1) is 8.08. The summed E-state index contributed by atoms with van der Waals surface area (Å²) in [7, 11) is 0. The number of aromatic nitrogens is 1. The number of nitrogens with zero attached hydrogens (tertiary/aromatic N) is 1. The predicted molar refractivity (Wildman–Crippen MR) is 70.9 cm³/mol. The van der Waals surface area contributed by atoms with Crippen molar-refractivity contribution in [2.75, 3.05) is 0 Å². The molecule has 0 spiro atoms. The van der Waals surface area contributed by atoms with E-state index in [1.165, 1.54) is 5.56 Å². The quantitative estimate of drug-likeness (QED) is 0.771. The molecule has 0 atom stereocenters. The van der Waals surface area contributed by atoms with Gasteiger partial charge in [0.25, 0.3) is 5.56 Å². The molecule has 2 rings (SSSR count). The Bertz CT molecular complexity index is 581. The molecule has 0 N–H and O–H groups in total. The van der Waals surface area contributed by atoms with Crippen LogP contribution in [0.2, 0.25) is 0 Å². The normalized spacial score (nSPS) is 10.8. The fraction of sp³-hybridized carbons (Fsp3) is 0.267. The maximum atomic E-state index is 11.9. The van der Waals surface area contributed by atoms with Gasteiger partial charge in [0.05, 0.1) is 0 Å². The van der Waals surface area contributed by atoms with E-state index in [9.17, 15) is 4.79 Å². The van der Waals surface area contributed by atoms with E-state index in [1.54, 1.807) is 10.6 Å². The molecule has 0 saturated heterocycles. The molecule has 1 heterocycles. The molecule has 1 aromatic carbocycles. The highest BCUT2D eigenvalue weighted by atomic mass is 16.1. The second-order valence-corrected chi connectivity index (χ2v) is 4.66. The standard InChI is InChI=1S/C15H17NO/c1-11(2)13-5-4-6-14(10-13)16-8-7-12(3)9-15(16)17/h4-11H,1-3H3. The Morgan fingerprint density at radius 1 is 1.12 bits per heavy atom. The van der Waals surface area contributed by atoms with Crippen LogP contribution >= 0.6 is 0 Å². The van der Waals surface area contributed by atoms with Crippen molar-refractivity contribution in [1.82, 2.24) is 4.57 Å². The fourth-order valence-electron chi connectivity index (χ4n) is 1.83. The van der Waals surface area contributed by atoms with Gasteiger partial charge < -0.3 is 0 Å². The number of hydrogen-bond acceptors (Lipinski definition) is 1. The van der Waals surface area contributed by atoms with Gasteiger partial charge in [0.15, 0.2) is 0 Å². The van der Waals surface area contributed by atoms with Gasteiger partial charge in [-0.25, -0.2) is 0 Å². The number of pyridine rings is 1. The highest BCUT2D eigenvalue weighted by Gasteiger charge is 2.03. The molecule has 2 aromatic rings. The second-order valence-electron chi connectivity index (χ2n) is 4.66. The van der Waals surface area contributed by atoms with Gasteiger partial charge in [0.1, 0.15) is 0 Å². The molecule has 0 amide bonds. The van der Waals surface area contributed by atoms with Crippen molar-refractivity contribution in [1.29, 1.82) is 0 Å². The van der Waals surface area contributed by atoms with E-state index in [0.717, 1.165) is 11.3 Å². The summed E-state index contributed by atoms with van der Waals surface area (Å²) < 4.78 is 1.68. The Kier molecular flexibility index (Phi) is 3.14. The van der Waals surface area contributed by atoms with Gasteiger partial charge in [-0.15, -0.1) is 0 Å². The Balaban J connectivity index is 2.53. The van der Waals surface area contributed by atoms with Gasteiger partial charge in [-0.3, -0.25) is 9.36 Å². The molecule has 88 valence electrons. The van der Waals surface area contributed by atoms with Crippen LogP contribution in [0, 0.1) is 6.92 Å². The van der Waals surface area contributed by atoms with Gasteiger partial charge in [-0.2, -0.15) is 0 Å². The lowest BCUT2D eigenvalue weighted by Gasteiger charge is -2.10. The van der Waals surface area contributed by atoms with Crippen molar-refractivity contribution in [3.63, 3.8) is 0 Å². The molecule has 0 radical (unpaired) electrons. The van der Waals surface area contributed by atoms with Gasteiger partial charge >= 0.3 is 0 Å². The molecule has 0 bridgehead atoms. The summed E-state index contributed by atoms with van der Waals surface area (Å²) in [5, 5.41) is 0. The molecule has 0 unspecified atom stereocenters. The third-order valence-electron chi connectivity index (χ3n) is 2.89. The van der Waals surface area contributed by atoms with Crippen LogP contribution in [0.15, 0.2) is 47.4 Å². The molecular formula is C15H17NO. The van der Waals surface area contributed by atoms with E-state index in [-0.39, 0.29) is 5.56 Å². The SMILES string of the molecule is Cc1ccn(-c2cccc(C(C)C)c2)c(=O)c1. The van der Waals surface area contributed by atoms with Gasteiger partial charge in [-0.1, -0.05) is 26.0 Å². The molecule has 1 aromatic heterocycles. The summed E-state index contributed by atoms with van der Waals surface area (Å²) in [5.74, 6) is 0.469. The first-order valence-electron chi connectivity index (χ1n) is 5.87. The summed E-state index contributed by atoms with van der Waals surface area (Å²) >= 11 is 0. The van der Waals surface area contributed by atoms with E-state index in [4.69, 9.17) is 0 Å². The smallest absolute Gasteiger partial charge is 0.255 e. The molecule has 0 aliphatic heterocycles. The van der Waals surface area contributed by atoms with Crippen LogP contribution in [0.25, 0.3) is 5.69 Å². The van der Waals surface area contributed by atoms with Crippen LogP contribution in [-0.2, 0) is 0 Å². The third-order valence-corrected chi connectivity index (χ3v) is 2.89. The zero-order chi connectivity index (χ0) is 12.4. The molecule has 17 heavy (non-hydrogen) atoms. The first-order valence-corrected chi connectivity index (χ1v) is 5.87. The Hall–Kier alpha value is -1.83. The largest absolute Gasteiger partial charge is 0.284 e. The zero-order valence-corrected chi connectivity index (χ0v) is 10.5. The summed E-state index contributed by atoms with van der Waals surface area (Å²) in [6.45, 7) is 6.23. The summed E-state index contributed by atoms with van der Waals surface area (Å²) in [4.78, 5) is 11.9. The van der Waals surface area contributed by atoms with Crippen LogP contribution in [-0.4, -0.2) is 4.57 Å². The van der Waals surface area contributed by atoms with E-state index >= 15 is 0 Å². The second kappa shape index (κ2) is 4.58. The molecule has 0 fully saturated rings. The van der Waals surface area contributed by atoms with Crippen molar-refractivity contribution in [2.45, 2.75) is 26.7 Å². The monoisotopic (exact) mass is 227 g/mol. The van der Waals surface area contributed by atoms with E-state index in [2.05, 4.69) is 26.0 Å². The van der Waals surface area contributed by atoms with E-state index in [1.807, 2.05) is 31.3 Å². The Morgan fingerprint density at radius 3 is 2.53 bits per heavy atom. The average molecular weight is 227 g/mol. The van der Waals surface area contributed by atoms with Crippen molar-refractivity contribution < 1.29 is 0 Å². The van der Waals surface area contributed by atoms with Crippen LogP contribution in [0.1, 0.15) is 30.9 Å². The molecule has 2 heteroatoms. The molecular weight excluding hydrogens is 210 g/mol. The van der Waals surface area contributed by atoms with Gasteiger partial charge in [-0.05, 0) is 42.2 Å². The van der Waals surface area contributed by atoms with Crippen LogP contribution < -0.4 is 5.56 Å². The van der Waals surface area contributed by atoms with Crippen LogP contribution in [0.3, 0.4) is 0 Å². The number of hydrogen-bond donors (Lipinski definition) is 0. The van der Waals surface area contributed by atoms with Crippen LogP contribution in [0.4, 0.5) is 0 Å². The van der Waals surface area contributed by atoms with E-state index in [0.29, 0.717) is 5.92 Å². The third kappa shape index (κ3) is 2.47. The van der Waals surface area contributed by atoms with Gasteiger partial charge in [0.2, 0.25) is 0 Å². The first kappa shape index (κ1) is 11.6. The molecule has 0 aliphatic rings. The summed E-state index contributed by atoms with van der Waals surface area (Å²) in [6.07, 6.45) is 1.83. The highest BCUT2D eigenvalue weighted by molar-refractivity contribution is 5.37. The van der Waals surface area contributed by atoms with Crippen molar-refractivity contribution in [3.05, 3.63) is 64.1 Å². The lowest BCUT2D eigenvalue weighted by atomic mass is 10.0. The maximum Gasteiger partial charge on any atom is 0.255 e. The Morgan fingerprint density at radius 2 is 1.88 bits per heavy atom. The molecule has 0 saturated carbocycles. The minimum Gasteiger partial charge on any atom is -0.284 e. The lowest BCUT2D eigenvalue weighted by Crippen LogP contribution is -2.16. The van der Waals surface area contributed by atoms with Gasteiger partial charge in [0, 0.05) is 18.0 Å². The fourth-order valence-corrected chi connectivity index (χ4v) is 1.83. The number of rotatable bonds is 2. The average Bonchev–Trinajstić information content (AvgIpc) is 2.29. The highest BCUT2D eigenvalue weighted by Crippen LogP contribution is 2.17. The van der Waals surface area contributed by atoms with Crippen molar-refractivity contribution in [3.8, 4) is 5.69 Å². The minimum atomic E-state index is 0.0194. The summed E-state index contributed by atoms with van der Waals surface area (Å²) in [5.41, 5.74) is 3.19.